The molecule has 0 aromatic heterocycles. The molecule has 0 radical (unpaired) electrons. The normalized spacial score (nSPS) is 11.5. The summed E-state index contributed by atoms with van der Waals surface area (Å²) in [5.74, 6) is -7.68. The van der Waals surface area contributed by atoms with Crippen molar-refractivity contribution in [2.24, 2.45) is 0 Å². The van der Waals surface area contributed by atoms with Gasteiger partial charge in [-0.25, -0.2) is 0 Å². The zero-order valence-corrected chi connectivity index (χ0v) is 13.4. The lowest BCUT2D eigenvalue weighted by Crippen LogP contribution is -2.38. The van der Waals surface area contributed by atoms with Gasteiger partial charge in [-0.05, 0) is 21.1 Å². The van der Waals surface area contributed by atoms with Crippen LogP contribution in [-0.4, -0.2) is 105 Å². The first-order valence-corrected chi connectivity index (χ1v) is 5.63. The van der Waals surface area contributed by atoms with Gasteiger partial charge in [0.2, 0.25) is 0 Å². The number of nitrogens with one attached hydrogen (secondary N) is 3. The molecule has 0 aliphatic heterocycles. The molecule has 0 fully saturated rings. The number of hydrogen-bond donors (Lipinski definition) is 12. The van der Waals surface area contributed by atoms with Crippen LogP contribution in [0.2, 0.25) is 0 Å². The van der Waals surface area contributed by atoms with Crippen LogP contribution < -0.4 is 16.0 Å². The number of halogens is 1. The maximum Gasteiger partial charge on any atom is 0.288 e. The summed E-state index contributed by atoms with van der Waals surface area (Å²) in [6, 6.07) is 0. The Morgan fingerprint density at radius 2 is 0.636 bits per heavy atom. The summed E-state index contributed by atoms with van der Waals surface area (Å²) in [5, 5.41) is 79.7. The van der Waals surface area contributed by atoms with E-state index in [-0.39, 0.29) is 32.0 Å². The van der Waals surface area contributed by atoms with Gasteiger partial charge in [-0.1, -0.05) is 0 Å². The van der Waals surface area contributed by atoms with E-state index in [4.69, 9.17) is 46.0 Å². The van der Waals surface area contributed by atoms with E-state index in [1.807, 2.05) is 0 Å². The smallest absolute Gasteiger partial charge is 0.288 e. The maximum absolute atomic E-state index is 8.07. The molecule has 0 amide bonds. The average molecular weight is 358 g/mol. The molecule has 0 rings (SSSR count). The molecular formula is C9H28ClN3O9. The number of rotatable bonds is 6. The van der Waals surface area contributed by atoms with E-state index < -0.39 is 17.9 Å². The van der Waals surface area contributed by atoms with Gasteiger partial charge in [0.05, 0.1) is 19.6 Å². The molecule has 0 aliphatic rings. The highest BCUT2D eigenvalue weighted by molar-refractivity contribution is 5.85. The van der Waals surface area contributed by atoms with Crippen LogP contribution >= 0.6 is 12.4 Å². The van der Waals surface area contributed by atoms with Crippen molar-refractivity contribution in [3.63, 3.8) is 0 Å². The van der Waals surface area contributed by atoms with E-state index in [0.29, 0.717) is 0 Å². The van der Waals surface area contributed by atoms with E-state index in [0.717, 1.165) is 0 Å². The maximum atomic E-state index is 8.07. The molecule has 0 bridgehead atoms. The first-order valence-electron chi connectivity index (χ1n) is 5.63. The number of aliphatic hydroxyl groups is 9. The second-order valence-corrected chi connectivity index (χ2v) is 3.91. The van der Waals surface area contributed by atoms with Crippen molar-refractivity contribution in [1.82, 2.24) is 16.0 Å². The first kappa shape index (κ1) is 29.8. The third-order valence-electron chi connectivity index (χ3n) is 1.24. The Morgan fingerprint density at radius 3 is 0.636 bits per heavy atom. The summed E-state index contributed by atoms with van der Waals surface area (Å²) < 4.78 is 0. The van der Waals surface area contributed by atoms with Crippen molar-refractivity contribution < 1.29 is 46.0 Å². The van der Waals surface area contributed by atoms with Crippen LogP contribution in [0.4, 0.5) is 0 Å². The average Bonchev–Trinajstić information content (AvgIpc) is 2.12. The Hall–Kier alpha value is -0.190. The highest BCUT2D eigenvalue weighted by atomic mass is 35.5. The summed E-state index contributed by atoms with van der Waals surface area (Å²) in [5.41, 5.74) is 0. The fourth-order valence-corrected chi connectivity index (χ4v) is 0.712. The monoisotopic (exact) mass is 357 g/mol. The quantitative estimate of drug-likeness (QED) is 0.200. The Bertz CT molecular complexity index is 190. The van der Waals surface area contributed by atoms with Gasteiger partial charge in [-0.3, -0.25) is 0 Å². The molecule has 0 atom stereocenters. The molecule has 12 N–H and O–H groups in total. The Kier molecular flexibility index (Phi) is 19.5. The van der Waals surface area contributed by atoms with Crippen LogP contribution in [0.3, 0.4) is 0 Å². The van der Waals surface area contributed by atoms with Crippen LogP contribution in [0.15, 0.2) is 0 Å². The van der Waals surface area contributed by atoms with E-state index in [1.54, 1.807) is 0 Å². The van der Waals surface area contributed by atoms with E-state index >= 15 is 0 Å². The van der Waals surface area contributed by atoms with Gasteiger partial charge in [0, 0.05) is 0 Å². The third kappa shape index (κ3) is 50.3. The molecule has 13 heteroatoms. The number of hydrogen-bond acceptors (Lipinski definition) is 12. The molecule has 0 saturated heterocycles. The molecule has 0 unspecified atom stereocenters. The predicted molar refractivity (Wildman–Crippen MR) is 77.2 cm³/mol. The summed E-state index contributed by atoms with van der Waals surface area (Å²) in [6.07, 6.45) is 0. The molecule has 0 saturated carbocycles. The highest BCUT2D eigenvalue weighted by Crippen LogP contribution is 1.86. The largest absolute Gasteiger partial charge is 0.343 e. The second-order valence-electron chi connectivity index (χ2n) is 3.91. The lowest BCUT2D eigenvalue weighted by molar-refractivity contribution is -0.306. The van der Waals surface area contributed by atoms with Crippen LogP contribution in [0.5, 0.6) is 0 Å². The van der Waals surface area contributed by atoms with Crippen molar-refractivity contribution >= 4 is 12.4 Å². The van der Waals surface area contributed by atoms with E-state index in [9.17, 15) is 0 Å². The van der Waals surface area contributed by atoms with Crippen LogP contribution in [-0.2, 0) is 0 Å². The fraction of sp³-hybridized carbons (Fsp3) is 1.00. The minimum Gasteiger partial charge on any atom is -0.343 e. The van der Waals surface area contributed by atoms with Crippen molar-refractivity contribution in [3.05, 3.63) is 0 Å². The zero-order valence-electron chi connectivity index (χ0n) is 12.6. The molecule has 0 aliphatic carbocycles. The van der Waals surface area contributed by atoms with Gasteiger partial charge in [-0.2, -0.15) is 0 Å². The molecule has 0 aromatic rings. The van der Waals surface area contributed by atoms with E-state index in [2.05, 4.69) is 16.0 Å². The molecule has 22 heavy (non-hydrogen) atoms. The van der Waals surface area contributed by atoms with Gasteiger partial charge < -0.3 is 61.9 Å². The van der Waals surface area contributed by atoms with E-state index in [1.165, 1.54) is 21.1 Å². The summed E-state index contributed by atoms with van der Waals surface area (Å²) in [6.45, 7) is -0.729. The van der Waals surface area contributed by atoms with Crippen molar-refractivity contribution in [2.75, 3.05) is 40.8 Å². The van der Waals surface area contributed by atoms with Crippen molar-refractivity contribution in [1.29, 1.82) is 0 Å². The molecule has 0 spiro atoms. The fourth-order valence-electron chi connectivity index (χ4n) is 0.712. The Labute approximate surface area is 134 Å². The Morgan fingerprint density at radius 1 is 0.500 bits per heavy atom. The van der Waals surface area contributed by atoms with Gasteiger partial charge in [0.1, 0.15) is 0 Å². The molecule has 140 valence electrons. The summed E-state index contributed by atoms with van der Waals surface area (Å²) in [7, 11) is 4.49. The van der Waals surface area contributed by atoms with Crippen LogP contribution in [0, 0.1) is 0 Å². The third-order valence-corrected chi connectivity index (χ3v) is 1.24. The van der Waals surface area contributed by atoms with Crippen molar-refractivity contribution in [3.8, 4) is 0 Å². The van der Waals surface area contributed by atoms with Gasteiger partial charge in [0.25, 0.3) is 17.9 Å². The lowest BCUT2D eigenvalue weighted by atomic mass is 10.6. The van der Waals surface area contributed by atoms with Crippen LogP contribution in [0.25, 0.3) is 0 Å². The first-order chi connectivity index (χ1) is 9.18. The highest BCUT2D eigenvalue weighted by Gasteiger charge is 2.15. The zero-order chi connectivity index (χ0) is 17.7. The predicted octanol–water partition coefficient (Wildman–Crippen LogP) is -6.07. The van der Waals surface area contributed by atoms with Gasteiger partial charge in [0.15, 0.2) is 0 Å². The number of likely N-dealkylation sites (N-methyl/N-ethyl adjacent to an activating group) is 3. The molecule has 12 nitrogen and oxygen atoms in total. The lowest BCUT2D eigenvalue weighted by Gasteiger charge is -2.11. The molecule has 0 aromatic carbocycles. The molecular weight excluding hydrogens is 330 g/mol. The van der Waals surface area contributed by atoms with Crippen LogP contribution in [0.1, 0.15) is 0 Å². The topological polar surface area (TPSA) is 218 Å². The summed E-state index contributed by atoms with van der Waals surface area (Å²) >= 11 is 0. The minimum absolute atomic E-state index is 0. The standard InChI is InChI=1S/3C3H9NO3.ClH/c3*1-4-2-3(5,6)7;/h3*4-7H,2H2,1H3;1H. The SMILES string of the molecule is CNCC(O)(O)O.CNCC(O)(O)O.CNCC(O)(O)O.Cl. The summed E-state index contributed by atoms with van der Waals surface area (Å²) in [4.78, 5) is 0. The van der Waals surface area contributed by atoms with Crippen molar-refractivity contribution in [2.45, 2.75) is 17.9 Å². The van der Waals surface area contributed by atoms with Gasteiger partial charge >= 0.3 is 0 Å². The molecule has 0 heterocycles. The van der Waals surface area contributed by atoms with Gasteiger partial charge in [-0.15, -0.1) is 12.4 Å². The Balaban J connectivity index is -0.000000108. The second kappa shape index (κ2) is 14.4. The minimum atomic E-state index is -2.56.